The molecular weight excluding hydrogens is 336 g/mol. The number of rotatable bonds is 3. The van der Waals surface area contributed by atoms with E-state index in [4.69, 9.17) is 14.3 Å². The molecule has 1 fully saturated rings. The molecule has 7 nitrogen and oxygen atoms in total. The van der Waals surface area contributed by atoms with E-state index >= 15 is 0 Å². The van der Waals surface area contributed by atoms with Crippen LogP contribution in [0.4, 0.5) is 10.5 Å². The second-order valence-electron chi connectivity index (χ2n) is 6.35. The maximum atomic E-state index is 12.5. The van der Waals surface area contributed by atoms with Gasteiger partial charge in [-0.1, -0.05) is 18.2 Å². The van der Waals surface area contributed by atoms with Gasteiger partial charge in [0.1, 0.15) is 16.9 Å². The molecule has 2 amide bonds. The summed E-state index contributed by atoms with van der Waals surface area (Å²) in [7, 11) is 1.54. The highest BCUT2D eigenvalue weighted by molar-refractivity contribution is 6.07. The van der Waals surface area contributed by atoms with Crippen molar-refractivity contribution in [3.8, 4) is 5.75 Å². The monoisotopic (exact) mass is 354 g/mol. The molecule has 0 aliphatic carbocycles. The van der Waals surface area contributed by atoms with Crippen LogP contribution in [0.3, 0.4) is 0 Å². The van der Waals surface area contributed by atoms with Crippen molar-refractivity contribution in [2.75, 3.05) is 25.5 Å². The second kappa shape index (κ2) is 6.25. The second-order valence-corrected chi connectivity index (χ2v) is 6.35. The molecule has 1 aliphatic rings. The lowest BCUT2D eigenvalue weighted by Crippen LogP contribution is -2.33. The van der Waals surface area contributed by atoms with Crippen LogP contribution in [-0.2, 0) is 4.79 Å². The molecule has 1 aliphatic heterocycles. The van der Waals surface area contributed by atoms with Crippen LogP contribution >= 0.6 is 0 Å². The van der Waals surface area contributed by atoms with E-state index < -0.39 is 11.9 Å². The Morgan fingerprint density at radius 1 is 1.23 bits per heavy atom. The van der Waals surface area contributed by atoms with Gasteiger partial charge in [-0.25, -0.2) is 4.79 Å². The van der Waals surface area contributed by atoms with Crippen molar-refractivity contribution in [1.82, 2.24) is 4.90 Å². The van der Waals surface area contributed by atoms with Crippen LogP contribution < -0.4 is 10.1 Å². The van der Waals surface area contributed by atoms with Gasteiger partial charge >= 0.3 is 12.0 Å². The Morgan fingerprint density at radius 2 is 2.04 bits per heavy atom. The molecule has 2 N–H and O–H groups in total. The van der Waals surface area contributed by atoms with Gasteiger partial charge in [0.15, 0.2) is 0 Å². The average Bonchev–Trinajstić information content (AvgIpc) is 3.25. The van der Waals surface area contributed by atoms with E-state index in [1.165, 1.54) is 12.0 Å². The van der Waals surface area contributed by atoms with Crippen LogP contribution in [0.1, 0.15) is 6.42 Å². The van der Waals surface area contributed by atoms with Gasteiger partial charge in [0, 0.05) is 29.9 Å². The molecule has 2 heterocycles. The zero-order valence-electron chi connectivity index (χ0n) is 14.2. The van der Waals surface area contributed by atoms with Crippen molar-refractivity contribution >= 4 is 39.6 Å². The van der Waals surface area contributed by atoms with E-state index in [9.17, 15) is 9.59 Å². The van der Waals surface area contributed by atoms with E-state index in [0.717, 1.165) is 16.4 Å². The lowest BCUT2D eigenvalue weighted by molar-refractivity contribution is -0.141. The van der Waals surface area contributed by atoms with Gasteiger partial charge in [0.05, 0.1) is 18.7 Å². The number of hydrogen-bond acceptors (Lipinski definition) is 4. The number of furan rings is 1. The molecule has 7 heteroatoms. The van der Waals surface area contributed by atoms with Crippen molar-refractivity contribution in [3.05, 3.63) is 36.4 Å². The molecule has 4 rings (SSSR count). The number of methoxy groups -OCH3 is 1. The number of likely N-dealkylation sites (tertiary alicyclic amines) is 1. The maximum absolute atomic E-state index is 12.5. The molecule has 134 valence electrons. The molecule has 0 spiro atoms. The van der Waals surface area contributed by atoms with Gasteiger partial charge < -0.3 is 24.5 Å². The van der Waals surface area contributed by atoms with Crippen LogP contribution in [-0.4, -0.2) is 42.2 Å². The van der Waals surface area contributed by atoms with Crippen LogP contribution in [0.2, 0.25) is 0 Å². The topological polar surface area (TPSA) is 92.0 Å². The normalized spacial score (nSPS) is 17.0. The molecule has 2 aromatic carbocycles. The van der Waals surface area contributed by atoms with Crippen molar-refractivity contribution in [3.63, 3.8) is 0 Å². The average molecular weight is 354 g/mol. The highest BCUT2D eigenvalue weighted by Gasteiger charge is 2.31. The summed E-state index contributed by atoms with van der Waals surface area (Å²) in [4.78, 5) is 25.1. The van der Waals surface area contributed by atoms with Crippen LogP contribution in [0.15, 0.2) is 40.8 Å². The third-order valence-electron chi connectivity index (χ3n) is 4.77. The molecule has 3 aromatic rings. The summed E-state index contributed by atoms with van der Waals surface area (Å²) in [6.45, 7) is 0.619. The summed E-state index contributed by atoms with van der Waals surface area (Å²) in [5.74, 6) is -0.867. The number of hydrogen-bond donors (Lipinski definition) is 2. The minimum absolute atomic E-state index is 0.205. The Morgan fingerprint density at radius 3 is 2.77 bits per heavy atom. The molecule has 1 unspecified atom stereocenters. The predicted octanol–water partition coefficient (Wildman–Crippen LogP) is 3.53. The fourth-order valence-electron chi connectivity index (χ4n) is 3.36. The standard InChI is InChI=1S/C19H18N2O5/c1-25-17-8-13-12-4-2-3-5-15(12)26-16(13)9-14(17)20-19(24)21-7-6-11(10-21)18(22)23/h2-5,8-9,11H,6-7,10H2,1H3,(H,20,24)(H,22,23). The number of carboxylic acid groups (broad SMARTS) is 1. The number of urea groups is 1. The number of benzene rings is 2. The van der Waals surface area contributed by atoms with E-state index in [0.29, 0.717) is 30.0 Å². The maximum Gasteiger partial charge on any atom is 0.321 e. The Labute approximate surface area is 149 Å². The summed E-state index contributed by atoms with van der Waals surface area (Å²) in [6, 6.07) is 10.9. The Balaban J connectivity index is 1.64. The Kier molecular flexibility index (Phi) is 3.91. The quantitative estimate of drug-likeness (QED) is 0.751. The van der Waals surface area contributed by atoms with E-state index in [2.05, 4.69) is 5.32 Å². The summed E-state index contributed by atoms with van der Waals surface area (Å²) in [5, 5.41) is 13.8. The number of aliphatic carboxylic acids is 1. The number of carbonyl (C=O) groups is 2. The van der Waals surface area contributed by atoms with Gasteiger partial charge in [-0.2, -0.15) is 0 Å². The fraction of sp³-hybridized carbons (Fsp3) is 0.263. The van der Waals surface area contributed by atoms with Gasteiger partial charge in [0.25, 0.3) is 0 Å². The fourth-order valence-corrected chi connectivity index (χ4v) is 3.36. The summed E-state index contributed by atoms with van der Waals surface area (Å²) >= 11 is 0. The van der Waals surface area contributed by atoms with E-state index in [1.54, 1.807) is 6.07 Å². The van der Waals surface area contributed by atoms with Crippen molar-refractivity contribution < 1.29 is 23.8 Å². The van der Waals surface area contributed by atoms with Gasteiger partial charge in [-0.05, 0) is 18.6 Å². The molecule has 1 atom stereocenters. The largest absolute Gasteiger partial charge is 0.495 e. The Hall–Kier alpha value is -3.22. The summed E-state index contributed by atoms with van der Waals surface area (Å²) in [5.41, 5.74) is 1.90. The van der Waals surface area contributed by atoms with Gasteiger partial charge in [-0.3, -0.25) is 4.79 Å². The van der Waals surface area contributed by atoms with Crippen LogP contribution in [0.5, 0.6) is 5.75 Å². The first-order valence-electron chi connectivity index (χ1n) is 8.35. The molecule has 0 saturated carbocycles. The molecule has 1 aromatic heterocycles. The predicted molar refractivity (Wildman–Crippen MR) is 96.6 cm³/mol. The lowest BCUT2D eigenvalue weighted by Gasteiger charge is -2.18. The first-order chi connectivity index (χ1) is 12.6. The number of nitrogens with zero attached hydrogens (tertiary/aromatic N) is 1. The van der Waals surface area contributed by atoms with E-state index in [1.807, 2.05) is 30.3 Å². The smallest absolute Gasteiger partial charge is 0.321 e. The van der Waals surface area contributed by atoms with Gasteiger partial charge in [-0.15, -0.1) is 0 Å². The number of amides is 2. The minimum atomic E-state index is -0.874. The number of anilines is 1. The minimum Gasteiger partial charge on any atom is -0.495 e. The van der Waals surface area contributed by atoms with Crippen LogP contribution in [0, 0.1) is 5.92 Å². The number of nitrogens with one attached hydrogen (secondary N) is 1. The zero-order chi connectivity index (χ0) is 18.3. The molecular formula is C19H18N2O5. The highest BCUT2D eigenvalue weighted by atomic mass is 16.5. The lowest BCUT2D eigenvalue weighted by atomic mass is 10.1. The van der Waals surface area contributed by atoms with Gasteiger partial charge in [0.2, 0.25) is 0 Å². The first kappa shape index (κ1) is 16.3. The van der Waals surface area contributed by atoms with E-state index in [-0.39, 0.29) is 12.6 Å². The number of ether oxygens (including phenoxy) is 1. The van der Waals surface area contributed by atoms with Crippen LogP contribution in [0.25, 0.3) is 21.9 Å². The molecule has 0 radical (unpaired) electrons. The van der Waals surface area contributed by atoms with Crippen molar-refractivity contribution in [1.29, 1.82) is 0 Å². The molecule has 1 saturated heterocycles. The summed E-state index contributed by atoms with van der Waals surface area (Å²) in [6.07, 6.45) is 0.461. The number of fused-ring (bicyclic) bond motifs is 3. The molecule has 0 bridgehead atoms. The van der Waals surface area contributed by atoms with Crippen molar-refractivity contribution in [2.45, 2.75) is 6.42 Å². The highest BCUT2D eigenvalue weighted by Crippen LogP contribution is 2.36. The van der Waals surface area contributed by atoms with Crippen molar-refractivity contribution in [2.24, 2.45) is 5.92 Å². The number of carbonyl (C=O) groups excluding carboxylic acids is 1. The third kappa shape index (κ3) is 2.71. The third-order valence-corrected chi connectivity index (χ3v) is 4.77. The Bertz CT molecular complexity index is 1010. The first-order valence-corrected chi connectivity index (χ1v) is 8.35. The molecule has 26 heavy (non-hydrogen) atoms. The number of carboxylic acids is 1. The summed E-state index contributed by atoms with van der Waals surface area (Å²) < 4.78 is 11.3. The zero-order valence-corrected chi connectivity index (χ0v) is 14.2. The number of para-hydroxylation sites is 1. The SMILES string of the molecule is COc1cc2c(cc1NC(=O)N1CCC(C(=O)O)C1)oc1ccccc12.